The Labute approximate surface area is 113 Å². The van der Waals surface area contributed by atoms with Crippen LogP contribution in [-0.2, 0) is 0 Å². The second-order valence-corrected chi connectivity index (χ2v) is 5.30. The molecule has 1 saturated heterocycles. The first-order valence-corrected chi connectivity index (χ1v) is 7.19. The fraction of sp³-hybridized carbons (Fsp3) is 0.769. The lowest BCUT2D eigenvalue weighted by Crippen LogP contribution is -2.36. The molecule has 104 valence electrons. The van der Waals surface area contributed by atoms with Crippen LogP contribution in [0.3, 0.4) is 0 Å². The van der Waals surface area contributed by atoms with Gasteiger partial charge in [0, 0.05) is 12.6 Å². The number of hydrogen-bond acceptors (Lipinski definition) is 6. The van der Waals surface area contributed by atoms with E-state index in [1.165, 1.54) is 32.1 Å². The number of nitrogen functional groups attached to an aromatic ring is 1. The van der Waals surface area contributed by atoms with Crippen molar-refractivity contribution in [1.82, 2.24) is 15.0 Å². The Hall–Kier alpha value is -1.59. The molecule has 2 N–H and O–H groups in total. The Bertz CT molecular complexity index is 453. The van der Waals surface area contributed by atoms with Crippen LogP contribution in [0.1, 0.15) is 39.0 Å². The van der Waals surface area contributed by atoms with Gasteiger partial charge in [0.15, 0.2) is 0 Å². The Morgan fingerprint density at radius 3 is 2.89 bits per heavy atom. The number of fused-ring (bicyclic) bond motifs is 1. The molecule has 6 heteroatoms. The summed E-state index contributed by atoms with van der Waals surface area (Å²) in [5.41, 5.74) is 5.76. The smallest absolute Gasteiger partial charge is 0.323 e. The zero-order valence-electron chi connectivity index (χ0n) is 11.4. The Kier molecular flexibility index (Phi) is 3.40. The highest BCUT2D eigenvalue weighted by Gasteiger charge is 2.37. The van der Waals surface area contributed by atoms with Crippen molar-refractivity contribution in [2.24, 2.45) is 5.92 Å². The van der Waals surface area contributed by atoms with Crippen LogP contribution in [0.25, 0.3) is 0 Å². The van der Waals surface area contributed by atoms with Crippen LogP contribution in [0.4, 0.5) is 11.9 Å². The second-order valence-electron chi connectivity index (χ2n) is 5.30. The summed E-state index contributed by atoms with van der Waals surface area (Å²) < 4.78 is 5.35. The maximum absolute atomic E-state index is 5.76. The van der Waals surface area contributed by atoms with E-state index in [9.17, 15) is 0 Å². The van der Waals surface area contributed by atoms with Crippen LogP contribution in [0.5, 0.6) is 6.01 Å². The number of nitrogens with zero attached hydrogens (tertiary/aromatic N) is 4. The normalized spacial score (nSPS) is 26.3. The van der Waals surface area contributed by atoms with Gasteiger partial charge in [-0.2, -0.15) is 15.0 Å². The fourth-order valence-electron chi connectivity index (χ4n) is 3.34. The number of ether oxygens (including phenoxy) is 1. The Morgan fingerprint density at radius 1 is 1.21 bits per heavy atom. The van der Waals surface area contributed by atoms with Crippen LogP contribution in [0, 0.1) is 5.92 Å². The fourth-order valence-corrected chi connectivity index (χ4v) is 3.34. The minimum Gasteiger partial charge on any atom is -0.464 e. The molecular weight excluding hydrogens is 242 g/mol. The third kappa shape index (κ3) is 2.43. The number of aromatic nitrogens is 3. The molecule has 2 unspecified atom stereocenters. The first-order chi connectivity index (χ1) is 9.28. The molecule has 2 aliphatic rings. The molecular formula is C13H21N5O. The van der Waals surface area contributed by atoms with Gasteiger partial charge < -0.3 is 15.4 Å². The standard InChI is InChI=1S/C13H21N5O/c1-2-19-13-16-11(14)15-12(17-13)18-8-7-9-5-3-4-6-10(9)18/h9-10H,2-8H2,1H3,(H2,14,15,16,17). The van der Waals surface area contributed by atoms with Gasteiger partial charge in [-0.25, -0.2) is 0 Å². The lowest BCUT2D eigenvalue weighted by Gasteiger charge is -2.31. The third-order valence-electron chi connectivity index (χ3n) is 4.16. The topological polar surface area (TPSA) is 77.2 Å². The van der Waals surface area contributed by atoms with Gasteiger partial charge in [-0.15, -0.1) is 0 Å². The van der Waals surface area contributed by atoms with Crippen LogP contribution >= 0.6 is 0 Å². The van der Waals surface area contributed by atoms with E-state index in [1.807, 2.05) is 6.92 Å². The average molecular weight is 263 g/mol. The SMILES string of the molecule is CCOc1nc(N)nc(N2CCC3CCCCC32)n1. The number of anilines is 2. The second kappa shape index (κ2) is 5.19. The van der Waals surface area contributed by atoms with Crippen LogP contribution < -0.4 is 15.4 Å². The van der Waals surface area contributed by atoms with E-state index in [0.717, 1.165) is 12.5 Å². The van der Waals surface area contributed by atoms with Crippen LogP contribution in [0.2, 0.25) is 0 Å². The van der Waals surface area contributed by atoms with Crippen LogP contribution in [0.15, 0.2) is 0 Å². The van der Waals surface area contributed by atoms with E-state index in [1.54, 1.807) is 0 Å². The minimum atomic E-state index is 0.243. The molecule has 0 bridgehead atoms. The molecule has 0 aromatic carbocycles. The Morgan fingerprint density at radius 2 is 2.05 bits per heavy atom. The van der Waals surface area contributed by atoms with Crippen molar-refractivity contribution in [3.05, 3.63) is 0 Å². The molecule has 19 heavy (non-hydrogen) atoms. The summed E-state index contributed by atoms with van der Waals surface area (Å²) in [6, 6.07) is 0.911. The number of nitrogens with two attached hydrogens (primary N) is 1. The van der Waals surface area contributed by atoms with Gasteiger partial charge in [-0.05, 0) is 32.1 Å². The molecule has 0 amide bonds. The summed E-state index contributed by atoms with van der Waals surface area (Å²) in [5.74, 6) is 1.72. The largest absolute Gasteiger partial charge is 0.464 e. The Balaban J connectivity index is 1.85. The van der Waals surface area contributed by atoms with Gasteiger partial charge in [-0.1, -0.05) is 12.8 Å². The van der Waals surface area contributed by atoms with E-state index >= 15 is 0 Å². The summed E-state index contributed by atoms with van der Waals surface area (Å²) in [7, 11) is 0. The van der Waals surface area contributed by atoms with Gasteiger partial charge in [0.25, 0.3) is 0 Å². The summed E-state index contributed by atoms with van der Waals surface area (Å²) in [6.45, 7) is 3.46. The summed E-state index contributed by atoms with van der Waals surface area (Å²) in [6.07, 6.45) is 6.47. The van der Waals surface area contributed by atoms with E-state index in [0.29, 0.717) is 24.6 Å². The quantitative estimate of drug-likeness (QED) is 0.893. The van der Waals surface area contributed by atoms with Crippen molar-refractivity contribution >= 4 is 11.9 Å². The molecule has 1 aromatic rings. The van der Waals surface area contributed by atoms with Crippen molar-refractivity contribution in [2.45, 2.75) is 45.1 Å². The average Bonchev–Trinajstić information content (AvgIpc) is 2.82. The molecule has 1 aliphatic carbocycles. The van der Waals surface area contributed by atoms with Gasteiger partial charge in [0.05, 0.1) is 6.61 Å². The minimum absolute atomic E-state index is 0.243. The van der Waals surface area contributed by atoms with Crippen molar-refractivity contribution in [2.75, 3.05) is 23.8 Å². The monoisotopic (exact) mass is 263 g/mol. The first-order valence-electron chi connectivity index (χ1n) is 7.19. The lowest BCUT2D eigenvalue weighted by atomic mass is 9.85. The lowest BCUT2D eigenvalue weighted by molar-refractivity contribution is 0.310. The molecule has 1 saturated carbocycles. The van der Waals surface area contributed by atoms with E-state index in [4.69, 9.17) is 10.5 Å². The van der Waals surface area contributed by atoms with Crippen molar-refractivity contribution in [3.8, 4) is 6.01 Å². The third-order valence-corrected chi connectivity index (χ3v) is 4.16. The van der Waals surface area contributed by atoms with Gasteiger partial charge in [0.2, 0.25) is 11.9 Å². The summed E-state index contributed by atoms with van der Waals surface area (Å²) >= 11 is 0. The summed E-state index contributed by atoms with van der Waals surface area (Å²) in [5, 5.41) is 0. The highest BCUT2D eigenvalue weighted by atomic mass is 16.5. The maximum atomic E-state index is 5.76. The van der Waals surface area contributed by atoms with Gasteiger partial charge in [-0.3, -0.25) is 0 Å². The van der Waals surface area contributed by atoms with Gasteiger partial charge >= 0.3 is 6.01 Å². The molecule has 2 fully saturated rings. The van der Waals surface area contributed by atoms with E-state index in [2.05, 4.69) is 19.9 Å². The van der Waals surface area contributed by atoms with Crippen molar-refractivity contribution in [1.29, 1.82) is 0 Å². The summed E-state index contributed by atoms with van der Waals surface area (Å²) in [4.78, 5) is 15.0. The first kappa shape index (κ1) is 12.4. The predicted octanol–water partition coefficient (Wildman–Crippen LogP) is 1.62. The maximum Gasteiger partial charge on any atom is 0.323 e. The van der Waals surface area contributed by atoms with Crippen molar-refractivity contribution in [3.63, 3.8) is 0 Å². The number of rotatable bonds is 3. The number of hydrogen-bond donors (Lipinski definition) is 1. The highest BCUT2D eigenvalue weighted by Crippen LogP contribution is 2.37. The zero-order chi connectivity index (χ0) is 13.2. The van der Waals surface area contributed by atoms with E-state index < -0.39 is 0 Å². The molecule has 0 spiro atoms. The molecule has 0 radical (unpaired) electrons. The molecule has 1 aliphatic heterocycles. The predicted molar refractivity (Wildman–Crippen MR) is 73.1 cm³/mol. The zero-order valence-corrected chi connectivity index (χ0v) is 11.4. The molecule has 2 atom stereocenters. The molecule has 3 rings (SSSR count). The highest BCUT2D eigenvalue weighted by molar-refractivity contribution is 5.39. The molecule has 6 nitrogen and oxygen atoms in total. The van der Waals surface area contributed by atoms with Gasteiger partial charge in [0.1, 0.15) is 0 Å². The van der Waals surface area contributed by atoms with Crippen LogP contribution in [-0.4, -0.2) is 34.1 Å². The molecule has 1 aromatic heterocycles. The van der Waals surface area contributed by atoms with Crippen molar-refractivity contribution < 1.29 is 4.74 Å². The van der Waals surface area contributed by atoms with E-state index in [-0.39, 0.29) is 5.95 Å². The molecule has 2 heterocycles.